The average molecular weight is 351 g/mol. The molecule has 0 atom stereocenters. The maximum atomic E-state index is 12.0. The van der Waals surface area contributed by atoms with Gasteiger partial charge in [-0.15, -0.1) is 0 Å². The first-order chi connectivity index (χ1) is 12.5. The molecule has 26 heavy (non-hydrogen) atoms. The van der Waals surface area contributed by atoms with Crippen molar-refractivity contribution in [3.8, 4) is 0 Å². The number of nitro benzene ring substituents is 1. The van der Waals surface area contributed by atoms with Gasteiger partial charge in [-0.2, -0.15) is 0 Å². The van der Waals surface area contributed by atoms with E-state index in [9.17, 15) is 19.7 Å². The molecule has 8 nitrogen and oxygen atoms in total. The van der Waals surface area contributed by atoms with Gasteiger partial charge in [-0.3, -0.25) is 14.9 Å². The Morgan fingerprint density at radius 1 is 1.04 bits per heavy atom. The summed E-state index contributed by atoms with van der Waals surface area (Å²) in [6.07, 6.45) is 0. The van der Waals surface area contributed by atoms with Crippen molar-refractivity contribution in [2.75, 3.05) is 11.9 Å². The van der Waals surface area contributed by atoms with Gasteiger partial charge in [-0.1, -0.05) is 36.4 Å². The Morgan fingerprint density at radius 2 is 1.77 bits per heavy atom. The minimum absolute atomic E-state index is 0.0300. The molecular weight excluding hydrogens is 338 g/mol. The molecule has 0 spiro atoms. The first-order valence-electron chi connectivity index (χ1n) is 7.61. The van der Waals surface area contributed by atoms with E-state index in [0.717, 1.165) is 5.39 Å². The number of pyridine rings is 1. The van der Waals surface area contributed by atoms with E-state index in [2.05, 4.69) is 10.3 Å². The number of ether oxygens (including phenoxy) is 1. The number of hydrogen-bond acceptors (Lipinski definition) is 6. The van der Waals surface area contributed by atoms with E-state index >= 15 is 0 Å². The van der Waals surface area contributed by atoms with Crippen molar-refractivity contribution in [1.82, 2.24) is 4.98 Å². The Bertz CT molecular complexity index is 1000. The number of nitrogens with one attached hydrogen (secondary N) is 1. The number of amides is 1. The van der Waals surface area contributed by atoms with Crippen molar-refractivity contribution in [3.63, 3.8) is 0 Å². The first kappa shape index (κ1) is 17.0. The third-order valence-corrected chi connectivity index (χ3v) is 3.52. The molecule has 1 heterocycles. The van der Waals surface area contributed by atoms with E-state index in [1.165, 1.54) is 24.3 Å². The molecule has 3 aromatic rings. The third kappa shape index (κ3) is 3.81. The van der Waals surface area contributed by atoms with Gasteiger partial charge in [0.15, 0.2) is 6.61 Å². The highest BCUT2D eigenvalue weighted by Crippen LogP contribution is 2.23. The second kappa shape index (κ2) is 7.39. The van der Waals surface area contributed by atoms with Crippen LogP contribution >= 0.6 is 0 Å². The number of benzene rings is 2. The number of hydrogen-bond donors (Lipinski definition) is 1. The Labute approximate surface area is 147 Å². The number of para-hydroxylation sites is 3. The van der Waals surface area contributed by atoms with Crippen LogP contribution in [0.15, 0.2) is 60.7 Å². The van der Waals surface area contributed by atoms with Crippen LogP contribution in [0.4, 0.5) is 11.4 Å². The summed E-state index contributed by atoms with van der Waals surface area (Å²) >= 11 is 0. The predicted molar refractivity (Wildman–Crippen MR) is 93.8 cm³/mol. The molecule has 1 aromatic heterocycles. The lowest BCUT2D eigenvalue weighted by Gasteiger charge is -2.07. The third-order valence-electron chi connectivity index (χ3n) is 3.52. The molecule has 0 bridgehead atoms. The number of nitrogens with zero attached hydrogens (tertiary/aromatic N) is 2. The average Bonchev–Trinajstić information content (AvgIpc) is 2.66. The normalized spacial score (nSPS) is 10.3. The Kier molecular flexibility index (Phi) is 4.84. The Morgan fingerprint density at radius 3 is 2.58 bits per heavy atom. The lowest BCUT2D eigenvalue weighted by molar-refractivity contribution is -0.383. The molecular formula is C18H13N3O5. The highest BCUT2D eigenvalue weighted by atomic mass is 16.6. The molecule has 0 unspecified atom stereocenters. The number of anilines is 1. The molecule has 130 valence electrons. The second-order valence-corrected chi connectivity index (χ2v) is 5.29. The predicted octanol–water partition coefficient (Wildman–Crippen LogP) is 2.94. The molecule has 2 aromatic carbocycles. The molecule has 1 N–H and O–H groups in total. The van der Waals surface area contributed by atoms with Crippen LogP contribution in [0.3, 0.4) is 0 Å². The zero-order chi connectivity index (χ0) is 18.5. The smallest absolute Gasteiger partial charge is 0.357 e. The molecule has 0 saturated carbocycles. The summed E-state index contributed by atoms with van der Waals surface area (Å²) in [5.41, 5.74) is 0.485. The van der Waals surface area contributed by atoms with Crippen LogP contribution in [0.1, 0.15) is 10.5 Å². The van der Waals surface area contributed by atoms with Gasteiger partial charge in [0.2, 0.25) is 0 Å². The van der Waals surface area contributed by atoms with E-state index in [0.29, 0.717) is 5.52 Å². The fourth-order valence-corrected chi connectivity index (χ4v) is 2.31. The Balaban J connectivity index is 1.63. The van der Waals surface area contributed by atoms with E-state index < -0.39 is 23.4 Å². The topological polar surface area (TPSA) is 111 Å². The Hall–Kier alpha value is -3.81. The summed E-state index contributed by atoms with van der Waals surface area (Å²) in [6.45, 7) is -0.584. The molecule has 1 amide bonds. The van der Waals surface area contributed by atoms with E-state index in [-0.39, 0.29) is 17.1 Å². The number of nitro groups is 1. The minimum Gasteiger partial charge on any atom is -0.451 e. The van der Waals surface area contributed by atoms with Gasteiger partial charge in [0.1, 0.15) is 11.4 Å². The van der Waals surface area contributed by atoms with Crippen molar-refractivity contribution in [2.45, 2.75) is 0 Å². The van der Waals surface area contributed by atoms with Crippen LogP contribution in [-0.2, 0) is 9.53 Å². The molecule has 0 fully saturated rings. The van der Waals surface area contributed by atoms with E-state index in [4.69, 9.17) is 4.74 Å². The monoisotopic (exact) mass is 351 g/mol. The van der Waals surface area contributed by atoms with Crippen LogP contribution in [-0.4, -0.2) is 28.4 Å². The van der Waals surface area contributed by atoms with Crippen LogP contribution in [0.5, 0.6) is 0 Å². The largest absolute Gasteiger partial charge is 0.451 e. The van der Waals surface area contributed by atoms with Crippen molar-refractivity contribution in [3.05, 3.63) is 76.5 Å². The van der Waals surface area contributed by atoms with Crippen LogP contribution in [0.2, 0.25) is 0 Å². The molecule has 0 saturated heterocycles. The number of carbonyl (C=O) groups is 2. The van der Waals surface area contributed by atoms with Gasteiger partial charge >= 0.3 is 5.97 Å². The highest BCUT2D eigenvalue weighted by Gasteiger charge is 2.16. The number of esters is 1. The quantitative estimate of drug-likeness (QED) is 0.430. The van der Waals surface area contributed by atoms with Gasteiger partial charge < -0.3 is 10.1 Å². The lowest BCUT2D eigenvalue weighted by atomic mass is 10.2. The van der Waals surface area contributed by atoms with E-state index in [1.54, 1.807) is 24.3 Å². The van der Waals surface area contributed by atoms with Gasteiger partial charge in [-0.25, -0.2) is 9.78 Å². The van der Waals surface area contributed by atoms with Gasteiger partial charge in [0, 0.05) is 11.5 Å². The molecule has 0 aliphatic carbocycles. The fourth-order valence-electron chi connectivity index (χ4n) is 2.31. The number of fused-ring (bicyclic) bond motifs is 1. The molecule has 8 heteroatoms. The summed E-state index contributed by atoms with van der Waals surface area (Å²) in [6, 6.07) is 16.2. The first-order valence-corrected chi connectivity index (χ1v) is 7.61. The standard InChI is InChI=1S/C18H13N3O5/c22-17(20-14-7-3-4-8-16(14)21(24)25)11-26-18(23)15-10-9-12-5-1-2-6-13(12)19-15/h1-10H,11H2,(H,20,22). The second-order valence-electron chi connectivity index (χ2n) is 5.29. The molecule has 3 rings (SSSR count). The van der Waals surface area contributed by atoms with Crippen molar-refractivity contribution < 1.29 is 19.2 Å². The van der Waals surface area contributed by atoms with Crippen LogP contribution in [0, 0.1) is 10.1 Å². The van der Waals surface area contributed by atoms with E-state index in [1.807, 2.05) is 12.1 Å². The minimum atomic E-state index is -0.756. The lowest BCUT2D eigenvalue weighted by Crippen LogP contribution is -2.21. The summed E-state index contributed by atoms with van der Waals surface area (Å²) in [5, 5.41) is 14.1. The summed E-state index contributed by atoms with van der Waals surface area (Å²) in [7, 11) is 0. The summed E-state index contributed by atoms with van der Waals surface area (Å²) in [4.78, 5) is 38.4. The number of rotatable bonds is 5. The zero-order valence-corrected chi connectivity index (χ0v) is 13.4. The summed E-state index contributed by atoms with van der Waals surface area (Å²) < 4.78 is 4.93. The zero-order valence-electron chi connectivity index (χ0n) is 13.4. The highest BCUT2D eigenvalue weighted by molar-refractivity contribution is 5.97. The van der Waals surface area contributed by atoms with Crippen molar-refractivity contribution >= 4 is 34.2 Å². The van der Waals surface area contributed by atoms with Gasteiger partial charge in [0.25, 0.3) is 11.6 Å². The molecule has 0 aliphatic heterocycles. The number of carbonyl (C=O) groups excluding carboxylic acids is 2. The fraction of sp³-hybridized carbons (Fsp3) is 0.0556. The van der Waals surface area contributed by atoms with Crippen LogP contribution in [0.25, 0.3) is 10.9 Å². The maximum Gasteiger partial charge on any atom is 0.357 e. The van der Waals surface area contributed by atoms with Gasteiger partial charge in [0.05, 0.1) is 10.4 Å². The number of aromatic nitrogens is 1. The SMILES string of the molecule is O=C(COC(=O)c1ccc2ccccc2n1)Nc1ccccc1[N+](=O)[O-]. The van der Waals surface area contributed by atoms with Crippen LogP contribution < -0.4 is 5.32 Å². The van der Waals surface area contributed by atoms with Gasteiger partial charge in [-0.05, 0) is 18.2 Å². The van der Waals surface area contributed by atoms with Crippen molar-refractivity contribution in [2.24, 2.45) is 0 Å². The molecule has 0 radical (unpaired) electrons. The summed E-state index contributed by atoms with van der Waals surface area (Å²) in [5.74, 6) is -1.44. The van der Waals surface area contributed by atoms with Crippen molar-refractivity contribution in [1.29, 1.82) is 0 Å². The maximum absolute atomic E-state index is 12.0. The molecule has 0 aliphatic rings.